The molecule has 0 aromatic carbocycles. The number of ether oxygens (including phenoxy) is 2. The number of rotatable bonds is 5. The highest BCUT2D eigenvalue weighted by Crippen LogP contribution is 2.17. The Morgan fingerprint density at radius 1 is 0.905 bits per heavy atom. The molecule has 0 amide bonds. The summed E-state index contributed by atoms with van der Waals surface area (Å²) in [4.78, 5) is 23.9. The minimum atomic E-state index is -1.08. The molecule has 6 nitrogen and oxygen atoms in total. The Kier molecular flexibility index (Phi) is 6.57. The van der Waals surface area contributed by atoms with Crippen LogP contribution in [0.25, 0.3) is 0 Å². The summed E-state index contributed by atoms with van der Waals surface area (Å²) in [7, 11) is 0. The molecule has 0 aromatic heterocycles. The topological polar surface area (TPSA) is 105 Å². The molecule has 0 bridgehead atoms. The summed E-state index contributed by atoms with van der Waals surface area (Å²) in [5, 5.41) is 0. The highest BCUT2D eigenvalue weighted by atomic mass is 16.6. The van der Waals surface area contributed by atoms with Gasteiger partial charge in [-0.2, -0.15) is 0 Å². The van der Waals surface area contributed by atoms with Crippen molar-refractivity contribution in [3.63, 3.8) is 0 Å². The monoisotopic (exact) mass is 300 g/mol. The highest BCUT2D eigenvalue weighted by Gasteiger charge is 2.36. The Morgan fingerprint density at radius 2 is 1.19 bits per heavy atom. The lowest BCUT2D eigenvalue weighted by Gasteiger charge is -2.29. The SMILES string of the molecule is C=CC(C(N)C(=O)OC(C)(C)C)C(N)C(=O)OC(C)(C)C. The second-order valence-corrected chi connectivity index (χ2v) is 6.93. The van der Waals surface area contributed by atoms with Crippen molar-refractivity contribution >= 4 is 11.9 Å². The van der Waals surface area contributed by atoms with Crippen LogP contribution in [0.3, 0.4) is 0 Å². The molecule has 6 heteroatoms. The number of hydrogen-bond donors (Lipinski definition) is 2. The van der Waals surface area contributed by atoms with Crippen molar-refractivity contribution in [3.05, 3.63) is 12.7 Å². The third-order valence-corrected chi connectivity index (χ3v) is 2.46. The summed E-state index contributed by atoms with van der Waals surface area (Å²) in [6, 6.07) is -2.16. The maximum Gasteiger partial charge on any atom is 0.324 e. The largest absolute Gasteiger partial charge is 0.459 e. The molecular weight excluding hydrogens is 272 g/mol. The quantitative estimate of drug-likeness (QED) is 0.582. The number of nitrogens with two attached hydrogens (primary N) is 2. The van der Waals surface area contributed by atoms with E-state index in [1.165, 1.54) is 6.08 Å². The van der Waals surface area contributed by atoms with E-state index in [9.17, 15) is 9.59 Å². The van der Waals surface area contributed by atoms with E-state index in [1.54, 1.807) is 41.5 Å². The van der Waals surface area contributed by atoms with Crippen LogP contribution in [0.2, 0.25) is 0 Å². The van der Waals surface area contributed by atoms with E-state index in [2.05, 4.69) is 6.58 Å². The maximum absolute atomic E-state index is 12.0. The molecule has 0 aliphatic carbocycles. The third kappa shape index (κ3) is 7.24. The molecule has 0 radical (unpaired) electrons. The molecule has 21 heavy (non-hydrogen) atoms. The first-order chi connectivity index (χ1) is 9.28. The van der Waals surface area contributed by atoms with Crippen LogP contribution >= 0.6 is 0 Å². The van der Waals surface area contributed by atoms with Gasteiger partial charge in [-0.3, -0.25) is 9.59 Å². The van der Waals surface area contributed by atoms with Crippen LogP contribution < -0.4 is 11.5 Å². The fraction of sp³-hybridized carbons (Fsp3) is 0.733. The fourth-order valence-corrected chi connectivity index (χ4v) is 1.57. The Morgan fingerprint density at radius 3 is 1.38 bits per heavy atom. The molecule has 0 saturated heterocycles. The summed E-state index contributed by atoms with van der Waals surface area (Å²) in [6.45, 7) is 14.0. The molecule has 122 valence electrons. The fourth-order valence-electron chi connectivity index (χ4n) is 1.57. The van der Waals surface area contributed by atoms with E-state index < -0.39 is 41.1 Å². The van der Waals surface area contributed by atoms with E-state index in [0.29, 0.717) is 0 Å². The Balaban J connectivity index is 4.94. The van der Waals surface area contributed by atoms with Gasteiger partial charge in [-0.15, -0.1) is 6.58 Å². The lowest BCUT2D eigenvalue weighted by molar-refractivity contribution is -0.160. The van der Waals surface area contributed by atoms with Crippen molar-refractivity contribution in [2.24, 2.45) is 17.4 Å². The van der Waals surface area contributed by atoms with Crippen molar-refractivity contribution in [3.8, 4) is 0 Å². The smallest absolute Gasteiger partial charge is 0.324 e. The first kappa shape index (κ1) is 19.6. The van der Waals surface area contributed by atoms with Crippen LogP contribution in [0.15, 0.2) is 12.7 Å². The molecule has 0 aliphatic rings. The summed E-state index contributed by atoms with van der Waals surface area (Å²) < 4.78 is 10.4. The molecule has 2 unspecified atom stereocenters. The Labute approximate surface area is 126 Å². The van der Waals surface area contributed by atoms with E-state index in [0.717, 1.165) is 0 Å². The Bertz CT molecular complexity index is 359. The van der Waals surface area contributed by atoms with Crippen molar-refractivity contribution in [2.45, 2.75) is 64.8 Å². The molecule has 0 aliphatic heterocycles. The average Bonchev–Trinajstić information content (AvgIpc) is 2.24. The third-order valence-electron chi connectivity index (χ3n) is 2.46. The number of hydrogen-bond acceptors (Lipinski definition) is 6. The van der Waals surface area contributed by atoms with Gasteiger partial charge in [0, 0.05) is 5.92 Å². The lowest BCUT2D eigenvalue weighted by atomic mass is 9.92. The standard InChI is InChI=1S/C15H28N2O4/c1-8-9(10(16)12(18)20-14(2,3)4)11(17)13(19)21-15(5,6)7/h8-11H,1,16-17H2,2-7H3. The van der Waals surface area contributed by atoms with Crippen LogP contribution in [0, 0.1) is 5.92 Å². The zero-order valence-corrected chi connectivity index (χ0v) is 13.8. The molecule has 0 fully saturated rings. The highest BCUT2D eigenvalue weighted by molar-refractivity contribution is 5.81. The van der Waals surface area contributed by atoms with Gasteiger partial charge in [0.1, 0.15) is 23.3 Å². The van der Waals surface area contributed by atoms with E-state index in [4.69, 9.17) is 20.9 Å². The van der Waals surface area contributed by atoms with Gasteiger partial charge in [0.15, 0.2) is 0 Å². The van der Waals surface area contributed by atoms with Gasteiger partial charge in [-0.25, -0.2) is 0 Å². The molecule has 0 saturated carbocycles. The predicted octanol–water partition coefficient (Wildman–Crippen LogP) is 1.13. The lowest BCUT2D eigenvalue weighted by Crippen LogP contribution is -2.52. The second kappa shape index (κ2) is 7.04. The summed E-state index contributed by atoms with van der Waals surface area (Å²) >= 11 is 0. The van der Waals surface area contributed by atoms with E-state index >= 15 is 0 Å². The summed E-state index contributed by atoms with van der Waals surface area (Å²) in [5.41, 5.74) is 10.4. The zero-order chi connectivity index (χ0) is 17.0. The summed E-state index contributed by atoms with van der Waals surface area (Å²) in [6.07, 6.45) is 1.38. The van der Waals surface area contributed by atoms with Gasteiger partial charge in [-0.1, -0.05) is 6.08 Å². The van der Waals surface area contributed by atoms with Crippen LogP contribution in [0.5, 0.6) is 0 Å². The second-order valence-electron chi connectivity index (χ2n) is 6.93. The van der Waals surface area contributed by atoms with Crippen molar-refractivity contribution in [1.29, 1.82) is 0 Å². The normalized spacial score (nSPS) is 16.6. The van der Waals surface area contributed by atoms with Gasteiger partial charge in [-0.05, 0) is 41.5 Å². The first-order valence-corrected chi connectivity index (χ1v) is 6.88. The van der Waals surface area contributed by atoms with Gasteiger partial charge < -0.3 is 20.9 Å². The van der Waals surface area contributed by atoms with Gasteiger partial charge in [0.25, 0.3) is 0 Å². The maximum atomic E-state index is 12.0. The van der Waals surface area contributed by atoms with Crippen LogP contribution in [0.1, 0.15) is 41.5 Å². The van der Waals surface area contributed by atoms with Crippen molar-refractivity contribution < 1.29 is 19.1 Å². The molecule has 2 atom stereocenters. The van der Waals surface area contributed by atoms with Crippen molar-refractivity contribution in [1.82, 2.24) is 0 Å². The number of esters is 2. The van der Waals surface area contributed by atoms with Gasteiger partial charge in [0.2, 0.25) is 0 Å². The minimum absolute atomic E-state index is 0.633. The molecule has 0 aromatic rings. The summed E-state index contributed by atoms with van der Waals surface area (Å²) in [5.74, 6) is -2.03. The van der Waals surface area contributed by atoms with E-state index in [1.807, 2.05) is 0 Å². The number of carbonyl (C=O) groups is 2. The average molecular weight is 300 g/mol. The van der Waals surface area contributed by atoms with E-state index in [-0.39, 0.29) is 0 Å². The van der Waals surface area contributed by atoms with Crippen LogP contribution in [-0.4, -0.2) is 35.2 Å². The Hall–Kier alpha value is -1.40. The molecule has 0 spiro atoms. The molecule has 0 rings (SSSR count). The molecular formula is C15H28N2O4. The van der Waals surface area contributed by atoms with Crippen LogP contribution in [-0.2, 0) is 19.1 Å². The molecule has 0 heterocycles. The number of carbonyl (C=O) groups excluding carboxylic acids is 2. The zero-order valence-electron chi connectivity index (χ0n) is 13.8. The minimum Gasteiger partial charge on any atom is -0.459 e. The first-order valence-electron chi connectivity index (χ1n) is 6.88. The van der Waals surface area contributed by atoms with Gasteiger partial charge in [0.05, 0.1) is 0 Å². The van der Waals surface area contributed by atoms with Gasteiger partial charge >= 0.3 is 11.9 Å². The predicted molar refractivity (Wildman–Crippen MR) is 81.3 cm³/mol. The molecule has 4 N–H and O–H groups in total. The van der Waals surface area contributed by atoms with Crippen LogP contribution in [0.4, 0.5) is 0 Å². The van der Waals surface area contributed by atoms with Crippen molar-refractivity contribution in [2.75, 3.05) is 0 Å².